The van der Waals surface area contributed by atoms with E-state index in [0.29, 0.717) is 0 Å². The number of para-hydroxylation sites is 1. The summed E-state index contributed by atoms with van der Waals surface area (Å²) >= 11 is 1.91. The van der Waals surface area contributed by atoms with Gasteiger partial charge in [0.25, 0.3) is 0 Å². The summed E-state index contributed by atoms with van der Waals surface area (Å²) in [6, 6.07) is 72.1. The number of rotatable bonds is 6. The molecule has 0 N–H and O–H groups in total. The molecule has 0 unspecified atom stereocenters. The van der Waals surface area contributed by atoms with Crippen molar-refractivity contribution in [2.24, 2.45) is 0 Å². The largest absolute Gasteiger partial charge is 0.309 e. The average Bonchev–Trinajstić information content (AvgIpc) is 3.92. The van der Waals surface area contributed by atoms with Gasteiger partial charge in [0.05, 0.1) is 11.0 Å². The first kappa shape index (κ1) is 35.0. The third kappa shape index (κ3) is 5.45. The quantitative estimate of drug-likeness (QED) is 0.148. The summed E-state index contributed by atoms with van der Waals surface area (Å²) in [4.78, 5) is 0. The Labute approximate surface area is 354 Å². The number of benzene rings is 9. The number of aromatic nitrogens is 1. The van der Waals surface area contributed by atoms with Gasteiger partial charge in [0.15, 0.2) is 0 Å². The van der Waals surface area contributed by atoms with Gasteiger partial charge >= 0.3 is 0 Å². The van der Waals surface area contributed by atoms with Gasteiger partial charge in [0.2, 0.25) is 0 Å². The van der Waals surface area contributed by atoms with Crippen LogP contribution in [0.5, 0.6) is 0 Å². The fourth-order valence-electron chi connectivity index (χ4n) is 10.0. The van der Waals surface area contributed by atoms with Crippen LogP contribution in [-0.2, 0) is 11.8 Å². The summed E-state index contributed by atoms with van der Waals surface area (Å²) in [6.07, 6.45) is 3.24. The number of nitrogens with zero attached hydrogens (tertiary/aromatic N) is 1. The van der Waals surface area contributed by atoms with Gasteiger partial charge in [-0.25, -0.2) is 0 Å². The zero-order valence-electron chi connectivity index (χ0n) is 33.6. The molecule has 2 heteroatoms. The highest BCUT2D eigenvalue weighted by Crippen LogP contribution is 2.49. The normalized spacial score (nSPS) is 13.5. The SMILES string of the molecule is CC1(C)c2ccccc2-c2ccc(C(=Cc3ccc(-n4c5ccccc5c5ccc6ccc7c8ccccc8sc7c6c54)cc3)Cc3ccc(-c4ccccc4)cc3)cc21. The minimum Gasteiger partial charge on any atom is -0.309 e. The number of thiophene rings is 1. The summed E-state index contributed by atoms with van der Waals surface area (Å²) in [5.41, 5.74) is 16.6. The predicted octanol–water partition coefficient (Wildman–Crippen LogP) is 16.1. The number of fused-ring (bicyclic) bond motifs is 12. The van der Waals surface area contributed by atoms with E-state index in [2.05, 4.69) is 219 Å². The Morgan fingerprint density at radius 2 is 1.23 bits per heavy atom. The van der Waals surface area contributed by atoms with E-state index in [0.717, 1.165) is 6.42 Å². The molecule has 60 heavy (non-hydrogen) atoms. The molecule has 0 atom stereocenters. The van der Waals surface area contributed by atoms with E-state index >= 15 is 0 Å². The molecule has 0 amide bonds. The van der Waals surface area contributed by atoms with Crippen LogP contribution in [-0.4, -0.2) is 4.57 Å². The monoisotopic (exact) mass is 783 g/mol. The standard InChI is InChI=1S/C58H41NS/c1-58(2)51-17-9-6-14-45(51)46-31-28-42(36-52(46)58)43(34-37-20-24-40(25-21-37)39-12-4-3-5-13-39)35-38-22-29-44(30-23-38)59-53-18-10-7-15-47(53)49-32-26-41-27-33-50-48-16-8-11-19-54(48)60-57(50)55(41)56(49)59/h3-33,35-36H,34H2,1-2H3. The van der Waals surface area contributed by atoms with E-state index in [1.165, 1.54) is 114 Å². The van der Waals surface area contributed by atoms with Gasteiger partial charge < -0.3 is 4.57 Å². The number of allylic oxidation sites excluding steroid dienone is 1. The summed E-state index contributed by atoms with van der Waals surface area (Å²) < 4.78 is 5.18. The molecule has 0 saturated heterocycles. The zero-order valence-corrected chi connectivity index (χ0v) is 34.4. The van der Waals surface area contributed by atoms with Crippen molar-refractivity contribution in [2.75, 3.05) is 0 Å². The molecule has 2 heterocycles. The molecule has 284 valence electrons. The Hall–Kier alpha value is -7.00. The van der Waals surface area contributed by atoms with E-state index < -0.39 is 0 Å². The van der Waals surface area contributed by atoms with Crippen LogP contribution in [0, 0.1) is 0 Å². The van der Waals surface area contributed by atoms with Crippen LogP contribution in [0.2, 0.25) is 0 Å². The molecule has 1 aliphatic carbocycles. The Bertz CT molecular complexity index is 3500. The number of hydrogen-bond donors (Lipinski definition) is 0. The fourth-order valence-corrected chi connectivity index (χ4v) is 11.3. The Kier molecular flexibility index (Phi) is 7.89. The Morgan fingerprint density at radius 1 is 0.550 bits per heavy atom. The second kappa shape index (κ2) is 13.5. The minimum absolute atomic E-state index is 0.0695. The molecule has 11 aromatic rings. The maximum atomic E-state index is 2.50. The van der Waals surface area contributed by atoms with Crippen molar-refractivity contribution in [1.82, 2.24) is 4.57 Å². The van der Waals surface area contributed by atoms with E-state index in [9.17, 15) is 0 Å². The molecule has 1 aliphatic rings. The molecule has 0 fully saturated rings. The maximum absolute atomic E-state index is 2.50. The van der Waals surface area contributed by atoms with Crippen LogP contribution in [0.4, 0.5) is 0 Å². The summed E-state index contributed by atoms with van der Waals surface area (Å²) in [5, 5.41) is 7.82. The summed E-state index contributed by atoms with van der Waals surface area (Å²) in [5.74, 6) is 0. The van der Waals surface area contributed by atoms with Crippen LogP contribution in [0.3, 0.4) is 0 Å². The summed E-state index contributed by atoms with van der Waals surface area (Å²) in [7, 11) is 0. The highest BCUT2D eigenvalue weighted by molar-refractivity contribution is 7.26. The van der Waals surface area contributed by atoms with Crippen molar-refractivity contribution >= 4 is 75.7 Å². The van der Waals surface area contributed by atoms with Crippen LogP contribution in [0.15, 0.2) is 194 Å². The molecular weight excluding hydrogens is 743 g/mol. The lowest BCUT2D eigenvalue weighted by atomic mass is 9.81. The van der Waals surface area contributed by atoms with Crippen LogP contribution >= 0.6 is 11.3 Å². The molecular formula is C58H41NS. The first-order chi connectivity index (χ1) is 29.5. The predicted molar refractivity (Wildman–Crippen MR) is 259 cm³/mol. The molecule has 0 saturated carbocycles. The molecule has 0 radical (unpaired) electrons. The van der Waals surface area contributed by atoms with Crippen LogP contribution in [0.25, 0.3) is 92.3 Å². The Balaban J connectivity index is 0.999. The van der Waals surface area contributed by atoms with Crippen molar-refractivity contribution < 1.29 is 0 Å². The minimum atomic E-state index is -0.0695. The molecule has 0 bridgehead atoms. The van der Waals surface area contributed by atoms with Gasteiger partial charge in [-0.2, -0.15) is 0 Å². The lowest BCUT2D eigenvalue weighted by molar-refractivity contribution is 0.660. The average molecular weight is 784 g/mol. The highest BCUT2D eigenvalue weighted by atomic mass is 32.1. The van der Waals surface area contributed by atoms with E-state index in [1.807, 2.05) is 11.3 Å². The molecule has 9 aromatic carbocycles. The number of hydrogen-bond acceptors (Lipinski definition) is 1. The van der Waals surface area contributed by atoms with Gasteiger partial charge in [-0.1, -0.05) is 184 Å². The van der Waals surface area contributed by atoms with Gasteiger partial charge in [-0.3, -0.25) is 0 Å². The van der Waals surface area contributed by atoms with Gasteiger partial charge in [0.1, 0.15) is 0 Å². The van der Waals surface area contributed by atoms with Crippen molar-refractivity contribution in [3.63, 3.8) is 0 Å². The van der Waals surface area contributed by atoms with Crippen molar-refractivity contribution in [1.29, 1.82) is 0 Å². The van der Waals surface area contributed by atoms with Crippen molar-refractivity contribution in [3.05, 3.63) is 222 Å². The first-order valence-corrected chi connectivity index (χ1v) is 21.8. The van der Waals surface area contributed by atoms with Gasteiger partial charge in [-0.05, 0) is 97.8 Å². The maximum Gasteiger partial charge on any atom is 0.0633 e. The molecule has 2 aromatic heterocycles. The molecule has 0 aliphatic heterocycles. The van der Waals surface area contributed by atoms with E-state index in [-0.39, 0.29) is 5.41 Å². The first-order valence-electron chi connectivity index (χ1n) is 21.0. The van der Waals surface area contributed by atoms with Gasteiger partial charge in [0, 0.05) is 47.4 Å². The zero-order chi connectivity index (χ0) is 40.0. The lowest BCUT2D eigenvalue weighted by Crippen LogP contribution is -2.15. The van der Waals surface area contributed by atoms with Gasteiger partial charge in [-0.15, -0.1) is 11.3 Å². The molecule has 1 nitrogen and oxygen atoms in total. The van der Waals surface area contributed by atoms with E-state index in [4.69, 9.17) is 0 Å². The van der Waals surface area contributed by atoms with Crippen molar-refractivity contribution in [2.45, 2.75) is 25.7 Å². The van der Waals surface area contributed by atoms with Crippen molar-refractivity contribution in [3.8, 4) is 27.9 Å². The summed E-state index contributed by atoms with van der Waals surface area (Å²) in [6.45, 7) is 4.74. The van der Waals surface area contributed by atoms with Crippen LogP contribution < -0.4 is 0 Å². The highest BCUT2D eigenvalue weighted by Gasteiger charge is 2.35. The van der Waals surface area contributed by atoms with Crippen LogP contribution in [0.1, 0.15) is 41.7 Å². The van der Waals surface area contributed by atoms with E-state index in [1.54, 1.807) is 0 Å². The lowest BCUT2D eigenvalue weighted by Gasteiger charge is -2.22. The fraction of sp³-hybridized carbons (Fsp3) is 0.0690. The molecule has 0 spiro atoms. The second-order valence-electron chi connectivity index (χ2n) is 16.9. The second-order valence-corrected chi connectivity index (χ2v) is 17.9. The topological polar surface area (TPSA) is 4.93 Å². The molecule has 12 rings (SSSR count). The Morgan fingerprint density at radius 3 is 2.07 bits per heavy atom. The third-order valence-electron chi connectivity index (χ3n) is 13.1. The third-order valence-corrected chi connectivity index (χ3v) is 14.3. The smallest absolute Gasteiger partial charge is 0.0633 e.